The summed E-state index contributed by atoms with van der Waals surface area (Å²) >= 11 is 15.0. The van der Waals surface area contributed by atoms with Gasteiger partial charge in [-0.3, -0.25) is 4.79 Å². The van der Waals surface area contributed by atoms with Gasteiger partial charge in [-0.05, 0) is 29.1 Å². The molecule has 0 atom stereocenters. The van der Waals surface area contributed by atoms with E-state index in [2.05, 4.69) is 10.3 Å². The molecule has 0 saturated carbocycles. The minimum atomic E-state index is -0.0529. The van der Waals surface area contributed by atoms with Crippen LogP contribution in [0.15, 0.2) is 41.9 Å². The van der Waals surface area contributed by atoms with Gasteiger partial charge >= 0.3 is 0 Å². The zero-order chi connectivity index (χ0) is 16.2. The quantitative estimate of drug-likeness (QED) is 0.651. The third-order valence-electron chi connectivity index (χ3n) is 3.08. The fourth-order valence-electron chi connectivity index (χ4n) is 2.03. The van der Waals surface area contributed by atoms with Crippen LogP contribution in [0.5, 0.6) is 0 Å². The Morgan fingerprint density at radius 2 is 2.04 bits per heavy atom. The van der Waals surface area contributed by atoms with E-state index in [1.165, 1.54) is 11.3 Å². The third kappa shape index (κ3) is 4.54. The molecule has 0 radical (unpaired) electrons. The lowest BCUT2D eigenvalue weighted by atomic mass is 10.1. The molecule has 3 rings (SSSR count). The van der Waals surface area contributed by atoms with Crippen LogP contribution in [-0.2, 0) is 17.6 Å². The molecular weight excluding hydrogens is 371 g/mol. The molecule has 2 aromatic heterocycles. The van der Waals surface area contributed by atoms with Gasteiger partial charge in [-0.1, -0.05) is 35.3 Å². The Hall–Kier alpha value is -1.40. The molecule has 118 valence electrons. The molecule has 0 aliphatic heterocycles. The number of hydrogen-bond donors (Lipinski definition) is 1. The average Bonchev–Trinajstić information content (AvgIpc) is 3.15. The highest BCUT2D eigenvalue weighted by atomic mass is 35.5. The zero-order valence-corrected chi connectivity index (χ0v) is 15.0. The maximum absolute atomic E-state index is 12.0. The van der Waals surface area contributed by atoms with Crippen LogP contribution >= 0.6 is 45.9 Å². The molecule has 1 amide bonds. The van der Waals surface area contributed by atoms with Crippen molar-refractivity contribution in [3.8, 4) is 0 Å². The molecule has 0 aliphatic rings. The lowest BCUT2D eigenvalue weighted by molar-refractivity contribution is -0.115. The molecule has 0 saturated heterocycles. The summed E-state index contributed by atoms with van der Waals surface area (Å²) in [6.45, 7) is 0. The van der Waals surface area contributed by atoms with Crippen molar-refractivity contribution in [3.05, 3.63) is 67.3 Å². The Labute approximate surface area is 151 Å². The molecule has 0 bridgehead atoms. The summed E-state index contributed by atoms with van der Waals surface area (Å²) in [6, 6.07) is 9.44. The zero-order valence-electron chi connectivity index (χ0n) is 11.9. The monoisotopic (exact) mass is 382 g/mol. The van der Waals surface area contributed by atoms with Crippen molar-refractivity contribution < 1.29 is 4.79 Å². The van der Waals surface area contributed by atoms with E-state index in [0.29, 0.717) is 28.0 Å². The Morgan fingerprint density at radius 3 is 2.78 bits per heavy atom. The van der Waals surface area contributed by atoms with Gasteiger partial charge in [-0.2, -0.15) is 0 Å². The van der Waals surface area contributed by atoms with E-state index in [1.807, 2.05) is 29.6 Å². The molecule has 23 heavy (non-hydrogen) atoms. The van der Waals surface area contributed by atoms with E-state index in [9.17, 15) is 4.79 Å². The molecule has 1 aromatic carbocycles. The van der Waals surface area contributed by atoms with Crippen LogP contribution in [-0.4, -0.2) is 10.9 Å². The Kier molecular flexibility index (Phi) is 5.33. The fourth-order valence-corrected chi connectivity index (χ4v) is 3.92. The van der Waals surface area contributed by atoms with Crippen LogP contribution in [0.2, 0.25) is 10.0 Å². The summed E-state index contributed by atoms with van der Waals surface area (Å²) in [5.41, 5.74) is 1.06. The van der Waals surface area contributed by atoms with Gasteiger partial charge in [0.1, 0.15) is 0 Å². The predicted octanol–water partition coefficient (Wildman–Crippen LogP) is 5.28. The highest BCUT2D eigenvalue weighted by Gasteiger charge is 2.09. The van der Waals surface area contributed by atoms with Crippen molar-refractivity contribution in [2.75, 3.05) is 5.32 Å². The SMILES string of the molecule is O=C(Cc1cccs1)Nc1ncc(Cc2ccc(Cl)c(Cl)c2)s1. The van der Waals surface area contributed by atoms with Crippen molar-refractivity contribution in [1.82, 2.24) is 4.98 Å². The predicted molar refractivity (Wildman–Crippen MR) is 98.0 cm³/mol. The second-order valence-corrected chi connectivity index (χ2v) is 7.82. The van der Waals surface area contributed by atoms with Crippen LogP contribution < -0.4 is 5.32 Å². The molecule has 2 heterocycles. The number of nitrogens with one attached hydrogen (secondary N) is 1. The molecule has 0 aliphatic carbocycles. The van der Waals surface area contributed by atoms with E-state index < -0.39 is 0 Å². The van der Waals surface area contributed by atoms with Gasteiger partial charge in [0.05, 0.1) is 16.5 Å². The van der Waals surface area contributed by atoms with E-state index >= 15 is 0 Å². The fraction of sp³-hybridized carbons (Fsp3) is 0.125. The van der Waals surface area contributed by atoms with Crippen molar-refractivity contribution in [3.63, 3.8) is 0 Å². The van der Waals surface area contributed by atoms with Crippen molar-refractivity contribution in [1.29, 1.82) is 0 Å². The second kappa shape index (κ2) is 7.45. The van der Waals surface area contributed by atoms with Gasteiger partial charge in [-0.15, -0.1) is 22.7 Å². The van der Waals surface area contributed by atoms with Crippen LogP contribution in [0.4, 0.5) is 5.13 Å². The van der Waals surface area contributed by atoms with Crippen LogP contribution in [0.25, 0.3) is 0 Å². The average molecular weight is 383 g/mol. The first-order chi connectivity index (χ1) is 11.1. The van der Waals surface area contributed by atoms with Crippen LogP contribution in [0.3, 0.4) is 0 Å². The minimum absolute atomic E-state index is 0.0529. The van der Waals surface area contributed by atoms with Gasteiger partial charge in [0.25, 0.3) is 0 Å². The topological polar surface area (TPSA) is 42.0 Å². The van der Waals surface area contributed by atoms with Crippen molar-refractivity contribution in [2.45, 2.75) is 12.8 Å². The van der Waals surface area contributed by atoms with Crippen molar-refractivity contribution in [2.24, 2.45) is 0 Å². The first-order valence-electron chi connectivity index (χ1n) is 6.81. The number of thiazole rings is 1. The smallest absolute Gasteiger partial charge is 0.231 e. The summed E-state index contributed by atoms with van der Waals surface area (Å²) < 4.78 is 0. The summed E-state index contributed by atoms with van der Waals surface area (Å²) in [5.74, 6) is -0.0529. The molecule has 3 aromatic rings. The molecule has 0 fully saturated rings. The van der Waals surface area contributed by atoms with Gasteiger partial charge in [0.15, 0.2) is 5.13 Å². The highest BCUT2D eigenvalue weighted by molar-refractivity contribution is 7.15. The Balaban J connectivity index is 1.61. The molecular formula is C16H12Cl2N2OS2. The minimum Gasteiger partial charge on any atom is -0.302 e. The van der Waals surface area contributed by atoms with Gasteiger partial charge < -0.3 is 5.32 Å². The summed E-state index contributed by atoms with van der Waals surface area (Å²) in [5, 5.41) is 6.49. The normalized spacial score (nSPS) is 10.7. The molecule has 3 nitrogen and oxygen atoms in total. The first-order valence-corrected chi connectivity index (χ1v) is 9.26. The number of rotatable bonds is 5. The van der Waals surface area contributed by atoms with E-state index in [4.69, 9.17) is 23.2 Å². The molecule has 1 N–H and O–H groups in total. The van der Waals surface area contributed by atoms with Gasteiger partial charge in [0, 0.05) is 22.4 Å². The summed E-state index contributed by atoms with van der Waals surface area (Å²) in [4.78, 5) is 18.3. The number of carbonyl (C=O) groups excluding carboxylic acids is 1. The van der Waals surface area contributed by atoms with Gasteiger partial charge in [-0.25, -0.2) is 4.98 Å². The summed E-state index contributed by atoms with van der Waals surface area (Å²) in [7, 11) is 0. The lowest BCUT2D eigenvalue weighted by Crippen LogP contribution is -2.13. The van der Waals surface area contributed by atoms with Crippen LogP contribution in [0, 0.1) is 0 Å². The van der Waals surface area contributed by atoms with E-state index in [-0.39, 0.29) is 5.91 Å². The second-order valence-electron chi connectivity index (χ2n) is 4.86. The van der Waals surface area contributed by atoms with E-state index in [0.717, 1.165) is 15.3 Å². The molecule has 0 unspecified atom stereocenters. The first kappa shape index (κ1) is 16.5. The standard InChI is InChI=1S/C16H12Cl2N2OS2/c17-13-4-3-10(7-14(13)18)6-12-9-19-16(23-12)20-15(21)8-11-2-1-5-22-11/h1-5,7,9H,6,8H2,(H,19,20,21). The number of hydrogen-bond acceptors (Lipinski definition) is 4. The summed E-state index contributed by atoms with van der Waals surface area (Å²) in [6.07, 6.45) is 2.85. The highest BCUT2D eigenvalue weighted by Crippen LogP contribution is 2.26. The Bertz CT molecular complexity index is 815. The third-order valence-corrected chi connectivity index (χ3v) is 5.61. The Morgan fingerprint density at radius 1 is 1.17 bits per heavy atom. The van der Waals surface area contributed by atoms with Gasteiger partial charge in [0.2, 0.25) is 5.91 Å². The number of benzene rings is 1. The maximum Gasteiger partial charge on any atom is 0.231 e. The van der Waals surface area contributed by atoms with Crippen LogP contribution in [0.1, 0.15) is 15.3 Å². The maximum atomic E-state index is 12.0. The molecule has 7 heteroatoms. The number of nitrogens with zero attached hydrogens (tertiary/aromatic N) is 1. The van der Waals surface area contributed by atoms with Crippen molar-refractivity contribution >= 4 is 56.9 Å². The number of thiophene rings is 1. The van der Waals surface area contributed by atoms with E-state index in [1.54, 1.807) is 23.6 Å². The number of halogens is 2. The number of aromatic nitrogens is 1. The molecule has 0 spiro atoms. The number of carbonyl (C=O) groups is 1. The number of anilines is 1. The number of amides is 1. The lowest BCUT2D eigenvalue weighted by Gasteiger charge is -2.01. The largest absolute Gasteiger partial charge is 0.302 e.